The highest BCUT2D eigenvalue weighted by Gasteiger charge is 2.72. The molecule has 5 aliphatic carbocycles. The number of aliphatic hydroxyl groups excluding tert-OH is 1. The fraction of sp³-hybridized carbons (Fsp3) is 0.730. The predicted octanol–water partition coefficient (Wildman–Crippen LogP) is 7.75. The van der Waals surface area contributed by atoms with Gasteiger partial charge in [-0.1, -0.05) is 48.1 Å². The van der Waals surface area contributed by atoms with Crippen molar-refractivity contribution >= 4 is 11.8 Å². The van der Waals surface area contributed by atoms with Gasteiger partial charge in [0.25, 0.3) is 0 Å². The highest BCUT2D eigenvalue weighted by Crippen LogP contribution is 2.77. The van der Waals surface area contributed by atoms with Crippen LogP contribution in [0.3, 0.4) is 0 Å². The van der Waals surface area contributed by atoms with Gasteiger partial charge in [0, 0.05) is 11.8 Å². The molecule has 0 bridgehead atoms. The van der Waals surface area contributed by atoms with E-state index in [1.807, 2.05) is 0 Å². The summed E-state index contributed by atoms with van der Waals surface area (Å²) in [5, 5.41) is 21.8. The lowest BCUT2D eigenvalue weighted by Crippen LogP contribution is -2.69. The lowest BCUT2D eigenvalue weighted by Gasteiger charge is -2.73. The standard InChI is InChI=1S/C37H52O5/c1-22(21-42-32(41)23-8-10-24(38)11-9-23)25-12-15-34(4)18-19-36(6)26(30(25)34)20-27(39)31-35(5)16-14-29(40)33(2,3)28(35)13-17-37(31,36)7/h8-11,25-28,30-31,38-39H,1,12-21H2,2-7H3/t25-,26+,27+,28-,30-,31+,34+,35-,36+,37+/m0/s1. The Morgan fingerprint density at radius 1 is 0.952 bits per heavy atom. The molecule has 0 unspecified atom stereocenters. The molecule has 0 saturated heterocycles. The fourth-order valence-electron chi connectivity index (χ4n) is 12.2. The number of aromatic hydroxyl groups is 1. The van der Waals surface area contributed by atoms with Crippen LogP contribution in [0, 0.1) is 56.7 Å². The van der Waals surface area contributed by atoms with Crippen LogP contribution in [0.25, 0.3) is 0 Å². The van der Waals surface area contributed by atoms with Crippen molar-refractivity contribution in [2.75, 3.05) is 6.61 Å². The van der Waals surface area contributed by atoms with Gasteiger partial charge in [0.1, 0.15) is 18.1 Å². The van der Waals surface area contributed by atoms with E-state index in [1.165, 1.54) is 25.0 Å². The van der Waals surface area contributed by atoms with E-state index < -0.39 is 5.97 Å². The third-order valence-electron chi connectivity index (χ3n) is 14.6. The summed E-state index contributed by atoms with van der Waals surface area (Å²) in [6.07, 6.45) is 8.64. The summed E-state index contributed by atoms with van der Waals surface area (Å²) in [5.74, 6) is 1.67. The van der Waals surface area contributed by atoms with Crippen molar-refractivity contribution in [2.24, 2.45) is 56.7 Å². The Morgan fingerprint density at radius 3 is 2.33 bits per heavy atom. The minimum atomic E-state index is -0.396. The van der Waals surface area contributed by atoms with Gasteiger partial charge in [0.05, 0.1) is 11.7 Å². The molecule has 0 radical (unpaired) electrons. The number of fused-ring (bicyclic) bond motifs is 7. The van der Waals surface area contributed by atoms with Gasteiger partial charge in [0.15, 0.2) is 0 Å². The number of hydrogen-bond acceptors (Lipinski definition) is 5. The first-order chi connectivity index (χ1) is 19.6. The van der Waals surface area contributed by atoms with Gasteiger partial charge in [0.2, 0.25) is 0 Å². The van der Waals surface area contributed by atoms with Gasteiger partial charge in [-0.15, -0.1) is 0 Å². The van der Waals surface area contributed by atoms with Gasteiger partial charge in [-0.2, -0.15) is 0 Å². The number of phenolic OH excluding ortho intramolecular Hbond substituents is 1. The molecular weight excluding hydrogens is 524 g/mol. The predicted molar refractivity (Wildman–Crippen MR) is 164 cm³/mol. The normalized spacial score (nSPS) is 45.6. The van der Waals surface area contributed by atoms with Crippen LogP contribution in [0.2, 0.25) is 0 Å². The Kier molecular flexibility index (Phi) is 6.89. The third-order valence-corrected chi connectivity index (χ3v) is 14.6. The molecule has 5 fully saturated rings. The van der Waals surface area contributed by atoms with E-state index in [0.29, 0.717) is 35.5 Å². The van der Waals surface area contributed by atoms with Gasteiger partial charge in [-0.05, 0) is 132 Å². The smallest absolute Gasteiger partial charge is 0.338 e. The monoisotopic (exact) mass is 576 g/mol. The molecule has 5 aliphatic rings. The number of carbonyl (C=O) groups excluding carboxylic acids is 2. The van der Waals surface area contributed by atoms with Crippen molar-refractivity contribution < 1.29 is 24.5 Å². The van der Waals surface area contributed by atoms with Crippen molar-refractivity contribution in [3.63, 3.8) is 0 Å². The molecule has 2 N–H and O–H groups in total. The third kappa shape index (κ3) is 4.04. The van der Waals surface area contributed by atoms with Crippen molar-refractivity contribution in [3.8, 4) is 5.75 Å². The maximum Gasteiger partial charge on any atom is 0.338 e. The molecule has 10 atom stereocenters. The first kappa shape index (κ1) is 29.9. The summed E-state index contributed by atoms with van der Waals surface area (Å²) < 4.78 is 5.75. The highest BCUT2D eigenvalue weighted by atomic mass is 16.5. The number of hydrogen-bond donors (Lipinski definition) is 2. The molecule has 0 aromatic heterocycles. The highest BCUT2D eigenvalue weighted by molar-refractivity contribution is 5.89. The van der Waals surface area contributed by atoms with Crippen molar-refractivity contribution in [1.29, 1.82) is 0 Å². The molecule has 6 rings (SSSR count). The molecular formula is C37H52O5. The second-order valence-electron chi connectivity index (χ2n) is 16.6. The number of Topliss-reactive ketones (excluding diaryl/α,β-unsaturated/α-hetero) is 1. The summed E-state index contributed by atoms with van der Waals surface area (Å²) in [7, 11) is 0. The zero-order valence-corrected chi connectivity index (χ0v) is 26.7. The number of ether oxygens (including phenoxy) is 1. The van der Waals surface area contributed by atoms with Crippen LogP contribution < -0.4 is 0 Å². The SMILES string of the molecule is C=C(COC(=O)c1ccc(O)cc1)[C@@H]1CC[C@]2(C)CC[C@]3(C)[C@H](C[C@@H](O)[C@@H]4[C@@]5(C)CCC(=O)C(C)(C)[C@@H]5CC[C@]43C)[C@H]12. The second-order valence-corrected chi connectivity index (χ2v) is 16.6. The average molecular weight is 577 g/mol. The van der Waals surface area contributed by atoms with Crippen LogP contribution in [0.15, 0.2) is 36.4 Å². The lowest BCUT2D eigenvalue weighted by molar-refractivity contribution is -0.264. The molecule has 5 nitrogen and oxygen atoms in total. The van der Waals surface area contributed by atoms with Crippen LogP contribution in [-0.2, 0) is 9.53 Å². The Morgan fingerprint density at radius 2 is 1.64 bits per heavy atom. The quantitative estimate of drug-likeness (QED) is 0.283. The van der Waals surface area contributed by atoms with Gasteiger partial charge in [-0.3, -0.25) is 4.79 Å². The maximum absolute atomic E-state index is 13.1. The number of rotatable bonds is 4. The largest absolute Gasteiger partial charge is 0.508 e. The van der Waals surface area contributed by atoms with Crippen LogP contribution in [-0.4, -0.2) is 34.7 Å². The average Bonchev–Trinajstić information content (AvgIpc) is 3.28. The van der Waals surface area contributed by atoms with Crippen LogP contribution in [0.4, 0.5) is 0 Å². The number of phenols is 1. The number of esters is 1. The molecule has 0 amide bonds. The number of benzene rings is 1. The van der Waals surface area contributed by atoms with E-state index in [9.17, 15) is 19.8 Å². The summed E-state index contributed by atoms with van der Waals surface area (Å²) in [4.78, 5) is 25.8. The number of aliphatic hydroxyl groups is 1. The van der Waals surface area contributed by atoms with E-state index in [4.69, 9.17) is 4.74 Å². The van der Waals surface area contributed by atoms with Crippen LogP contribution in [0.5, 0.6) is 5.75 Å². The molecule has 230 valence electrons. The Bertz CT molecular complexity index is 1280. The van der Waals surface area contributed by atoms with E-state index in [2.05, 4.69) is 48.1 Å². The van der Waals surface area contributed by atoms with Crippen molar-refractivity contribution in [2.45, 2.75) is 105 Å². The van der Waals surface area contributed by atoms with E-state index in [1.54, 1.807) is 12.1 Å². The van der Waals surface area contributed by atoms with Gasteiger partial charge in [-0.25, -0.2) is 4.79 Å². The summed E-state index contributed by atoms with van der Waals surface area (Å²) in [6, 6.07) is 6.16. The lowest BCUT2D eigenvalue weighted by atomic mass is 9.32. The van der Waals surface area contributed by atoms with Crippen molar-refractivity contribution in [1.82, 2.24) is 0 Å². The minimum absolute atomic E-state index is 0.00180. The maximum atomic E-state index is 13.1. The summed E-state index contributed by atoms with van der Waals surface area (Å²) in [5.41, 5.74) is 1.33. The van der Waals surface area contributed by atoms with Crippen LogP contribution in [0.1, 0.15) is 110 Å². The summed E-state index contributed by atoms with van der Waals surface area (Å²) >= 11 is 0. The Labute approximate surface area is 252 Å². The molecule has 1 aromatic rings. The van der Waals surface area contributed by atoms with Crippen molar-refractivity contribution in [3.05, 3.63) is 42.0 Å². The van der Waals surface area contributed by atoms with E-state index in [0.717, 1.165) is 44.1 Å². The first-order valence-electron chi connectivity index (χ1n) is 16.4. The molecule has 0 heterocycles. The minimum Gasteiger partial charge on any atom is -0.508 e. The second kappa shape index (κ2) is 9.68. The van der Waals surface area contributed by atoms with Gasteiger partial charge < -0.3 is 14.9 Å². The fourth-order valence-corrected chi connectivity index (χ4v) is 12.2. The van der Waals surface area contributed by atoms with E-state index in [-0.39, 0.29) is 57.4 Å². The first-order valence-corrected chi connectivity index (χ1v) is 16.4. The Balaban J connectivity index is 1.28. The molecule has 5 heteroatoms. The molecule has 42 heavy (non-hydrogen) atoms. The zero-order chi connectivity index (χ0) is 30.5. The molecule has 1 aromatic carbocycles. The topological polar surface area (TPSA) is 83.8 Å². The molecule has 0 aliphatic heterocycles. The van der Waals surface area contributed by atoms with Crippen LogP contribution >= 0.6 is 0 Å². The zero-order valence-electron chi connectivity index (χ0n) is 26.7. The number of carbonyl (C=O) groups is 2. The molecule has 5 saturated carbocycles. The summed E-state index contributed by atoms with van der Waals surface area (Å²) in [6.45, 7) is 18.9. The van der Waals surface area contributed by atoms with Gasteiger partial charge >= 0.3 is 5.97 Å². The van der Waals surface area contributed by atoms with E-state index >= 15 is 0 Å². The Hall–Kier alpha value is -2.14. The number of ketones is 1. The molecule has 0 spiro atoms.